The Balaban J connectivity index is 2.07. The van der Waals surface area contributed by atoms with Crippen LogP contribution >= 0.6 is 0 Å². The zero-order valence-electron chi connectivity index (χ0n) is 15.3. The molecule has 0 spiro atoms. The van der Waals surface area contributed by atoms with Crippen molar-refractivity contribution in [2.24, 2.45) is 0 Å². The molecule has 0 bridgehead atoms. The Morgan fingerprint density at radius 2 is 1.43 bits per heavy atom. The van der Waals surface area contributed by atoms with Crippen molar-refractivity contribution in [3.8, 4) is 5.75 Å². The van der Waals surface area contributed by atoms with Gasteiger partial charge in [-0.1, -0.05) is 6.42 Å². The van der Waals surface area contributed by atoms with E-state index in [0.29, 0.717) is 11.6 Å². The van der Waals surface area contributed by atoms with E-state index in [1.165, 1.54) is 68.9 Å². The molecule has 2 aliphatic rings. The van der Waals surface area contributed by atoms with E-state index in [1.54, 1.807) is 12.7 Å². The summed E-state index contributed by atoms with van der Waals surface area (Å²) in [6.45, 7) is 7.66. The van der Waals surface area contributed by atoms with Crippen molar-refractivity contribution in [1.29, 1.82) is 0 Å². The molecule has 0 radical (unpaired) electrons. The molecule has 2 heteroatoms. The largest absolute Gasteiger partial charge is 0.497 e. The van der Waals surface area contributed by atoms with Gasteiger partial charge in [0.05, 0.1) is 26.2 Å². The number of likely N-dealkylation sites (tertiary alicyclic amines) is 1. The zero-order valence-corrected chi connectivity index (χ0v) is 15.3. The summed E-state index contributed by atoms with van der Waals surface area (Å²) in [4.78, 5) is 0. The first-order valence-electron chi connectivity index (χ1n) is 9.66. The van der Waals surface area contributed by atoms with Gasteiger partial charge in [-0.15, -0.1) is 0 Å². The molecule has 0 amide bonds. The number of ether oxygens (including phenoxy) is 1. The quantitative estimate of drug-likeness (QED) is 0.688. The molecule has 0 N–H and O–H groups in total. The highest BCUT2D eigenvalue weighted by Crippen LogP contribution is 2.50. The molecule has 23 heavy (non-hydrogen) atoms. The lowest BCUT2D eigenvalue weighted by Gasteiger charge is -2.59. The molecule has 128 valence electrons. The third kappa shape index (κ3) is 2.80. The standard InChI is InChI=1S/C21H34NO/c1-18(2)22(16-8-5-9-17-22)21(14-6-4-7-15-21)19-10-12-20(23-3)13-11-19/h10-13,18H,4-9,14-17H2,1-3H3/q+1. The van der Waals surface area contributed by atoms with Crippen LogP contribution in [-0.2, 0) is 5.54 Å². The lowest BCUT2D eigenvalue weighted by atomic mass is 9.71. The van der Waals surface area contributed by atoms with Crippen LogP contribution in [0, 0.1) is 0 Å². The van der Waals surface area contributed by atoms with Crippen LogP contribution in [0.15, 0.2) is 24.3 Å². The molecule has 3 rings (SSSR count). The lowest BCUT2D eigenvalue weighted by Crippen LogP contribution is -2.68. The number of benzene rings is 1. The van der Waals surface area contributed by atoms with Gasteiger partial charge in [0.2, 0.25) is 0 Å². The molecular weight excluding hydrogens is 282 g/mol. The number of hydrogen-bond donors (Lipinski definition) is 0. The first kappa shape index (κ1) is 16.8. The minimum atomic E-state index is 0.332. The molecule has 1 saturated carbocycles. The second-order valence-corrected chi connectivity index (χ2v) is 7.96. The maximum atomic E-state index is 5.40. The van der Waals surface area contributed by atoms with E-state index in [9.17, 15) is 0 Å². The normalized spacial score (nSPS) is 23.7. The van der Waals surface area contributed by atoms with E-state index < -0.39 is 0 Å². The van der Waals surface area contributed by atoms with Gasteiger partial charge < -0.3 is 9.22 Å². The molecule has 1 aliphatic heterocycles. The van der Waals surface area contributed by atoms with Crippen molar-refractivity contribution in [2.75, 3.05) is 20.2 Å². The Morgan fingerprint density at radius 3 is 1.96 bits per heavy atom. The summed E-state index contributed by atoms with van der Waals surface area (Å²) in [5.41, 5.74) is 1.90. The van der Waals surface area contributed by atoms with Gasteiger partial charge in [-0.2, -0.15) is 0 Å². The van der Waals surface area contributed by atoms with Crippen molar-refractivity contribution in [3.05, 3.63) is 29.8 Å². The number of quaternary nitrogens is 1. The molecule has 1 aromatic rings. The van der Waals surface area contributed by atoms with Crippen LogP contribution in [-0.4, -0.2) is 30.7 Å². The van der Waals surface area contributed by atoms with Gasteiger partial charge in [-0.25, -0.2) is 0 Å². The summed E-state index contributed by atoms with van der Waals surface area (Å²) in [6, 6.07) is 9.77. The Morgan fingerprint density at radius 1 is 0.870 bits per heavy atom. The van der Waals surface area contributed by atoms with Gasteiger partial charge in [-0.3, -0.25) is 0 Å². The number of piperidine rings is 1. The summed E-state index contributed by atoms with van der Waals surface area (Å²) >= 11 is 0. The smallest absolute Gasteiger partial charge is 0.125 e. The minimum absolute atomic E-state index is 0.332. The minimum Gasteiger partial charge on any atom is -0.497 e. The van der Waals surface area contributed by atoms with E-state index in [0.717, 1.165) is 5.75 Å². The van der Waals surface area contributed by atoms with E-state index >= 15 is 0 Å². The predicted octanol–water partition coefficient (Wildman–Crippen LogP) is 5.26. The maximum absolute atomic E-state index is 5.40. The molecule has 1 heterocycles. The van der Waals surface area contributed by atoms with Crippen molar-refractivity contribution in [3.63, 3.8) is 0 Å². The van der Waals surface area contributed by atoms with Gasteiger partial charge in [0.15, 0.2) is 0 Å². The van der Waals surface area contributed by atoms with Crippen LogP contribution in [0.3, 0.4) is 0 Å². The number of rotatable bonds is 4. The summed E-state index contributed by atoms with van der Waals surface area (Å²) < 4.78 is 6.72. The van der Waals surface area contributed by atoms with Crippen LogP contribution in [0.1, 0.15) is 70.8 Å². The van der Waals surface area contributed by atoms with Gasteiger partial charge in [0.25, 0.3) is 0 Å². The molecule has 1 saturated heterocycles. The summed E-state index contributed by atoms with van der Waals surface area (Å²) in [6.07, 6.45) is 11.1. The van der Waals surface area contributed by atoms with Crippen molar-refractivity contribution in [2.45, 2.75) is 76.8 Å². The fraction of sp³-hybridized carbons (Fsp3) is 0.714. The zero-order chi connectivity index (χ0) is 16.3. The summed E-state index contributed by atoms with van der Waals surface area (Å²) in [5.74, 6) is 0.981. The average molecular weight is 317 g/mol. The second kappa shape index (κ2) is 6.84. The maximum Gasteiger partial charge on any atom is 0.125 e. The predicted molar refractivity (Wildman–Crippen MR) is 96.7 cm³/mol. The van der Waals surface area contributed by atoms with Crippen LogP contribution in [0.5, 0.6) is 5.75 Å². The Bertz CT molecular complexity index is 493. The molecule has 2 fully saturated rings. The van der Waals surface area contributed by atoms with Gasteiger partial charge in [0.1, 0.15) is 11.3 Å². The van der Waals surface area contributed by atoms with E-state index in [2.05, 4.69) is 38.1 Å². The van der Waals surface area contributed by atoms with E-state index in [4.69, 9.17) is 4.74 Å². The first-order valence-corrected chi connectivity index (χ1v) is 9.66. The van der Waals surface area contributed by atoms with E-state index in [1.807, 2.05) is 0 Å². The monoisotopic (exact) mass is 316 g/mol. The average Bonchev–Trinajstić information content (AvgIpc) is 2.62. The number of hydrogen-bond acceptors (Lipinski definition) is 1. The number of nitrogens with zero attached hydrogens (tertiary/aromatic N) is 1. The number of methoxy groups -OCH3 is 1. The Hall–Kier alpha value is -1.02. The highest BCUT2D eigenvalue weighted by Gasteiger charge is 2.54. The van der Waals surface area contributed by atoms with E-state index in [-0.39, 0.29) is 0 Å². The fourth-order valence-electron chi connectivity index (χ4n) is 5.54. The highest BCUT2D eigenvalue weighted by atomic mass is 16.5. The summed E-state index contributed by atoms with van der Waals surface area (Å²) in [5, 5.41) is 0. The van der Waals surface area contributed by atoms with Crippen molar-refractivity contribution < 1.29 is 9.22 Å². The van der Waals surface area contributed by atoms with Crippen molar-refractivity contribution >= 4 is 0 Å². The van der Waals surface area contributed by atoms with Gasteiger partial charge >= 0.3 is 0 Å². The fourth-order valence-corrected chi connectivity index (χ4v) is 5.54. The van der Waals surface area contributed by atoms with Gasteiger partial charge in [0, 0.05) is 18.4 Å². The van der Waals surface area contributed by atoms with Crippen LogP contribution in [0.25, 0.3) is 0 Å². The van der Waals surface area contributed by atoms with Crippen molar-refractivity contribution in [1.82, 2.24) is 0 Å². The van der Waals surface area contributed by atoms with Crippen LogP contribution < -0.4 is 4.74 Å². The second-order valence-electron chi connectivity index (χ2n) is 7.96. The molecule has 0 unspecified atom stereocenters. The molecule has 0 atom stereocenters. The third-order valence-corrected chi connectivity index (χ3v) is 6.76. The first-order chi connectivity index (χ1) is 11.1. The Kier molecular flexibility index (Phi) is 5.01. The lowest BCUT2D eigenvalue weighted by molar-refractivity contribution is -1.01. The molecule has 1 aliphatic carbocycles. The third-order valence-electron chi connectivity index (χ3n) is 6.76. The van der Waals surface area contributed by atoms with Crippen LogP contribution in [0.4, 0.5) is 0 Å². The highest BCUT2D eigenvalue weighted by molar-refractivity contribution is 5.31. The van der Waals surface area contributed by atoms with Gasteiger partial charge in [-0.05, 0) is 70.2 Å². The SMILES string of the molecule is COc1ccc(C2([N+]3(C(C)C)CCCCC3)CCCCC2)cc1. The summed E-state index contributed by atoms with van der Waals surface area (Å²) in [7, 11) is 1.76. The molecule has 2 nitrogen and oxygen atoms in total. The molecule has 1 aromatic carbocycles. The molecule has 0 aromatic heterocycles. The Labute approximate surface area is 142 Å². The molecular formula is C21H34NO+. The van der Waals surface area contributed by atoms with Crippen LogP contribution in [0.2, 0.25) is 0 Å². The topological polar surface area (TPSA) is 9.23 Å².